The molecule has 0 bridgehead atoms. The SMILES string of the molecule is CNCCCC1CCC2(CC1)CCN(C(=O)c1ccc(Cl)c(-n3ccc(=O)[nH]c3=O)c1)CC2. The van der Waals surface area contributed by atoms with Gasteiger partial charge >= 0.3 is 5.69 Å². The summed E-state index contributed by atoms with van der Waals surface area (Å²) in [5.41, 5.74) is 0.208. The average molecular weight is 473 g/mol. The lowest BCUT2D eigenvalue weighted by Crippen LogP contribution is -2.44. The van der Waals surface area contributed by atoms with E-state index in [0.717, 1.165) is 38.4 Å². The number of aromatic nitrogens is 2. The highest BCUT2D eigenvalue weighted by Crippen LogP contribution is 2.47. The number of carbonyl (C=O) groups is 1. The molecule has 8 heteroatoms. The predicted molar refractivity (Wildman–Crippen MR) is 130 cm³/mol. The van der Waals surface area contributed by atoms with Gasteiger partial charge in [0.15, 0.2) is 0 Å². The summed E-state index contributed by atoms with van der Waals surface area (Å²) < 4.78 is 1.25. The van der Waals surface area contributed by atoms with E-state index in [1.165, 1.54) is 55.4 Å². The fourth-order valence-corrected chi connectivity index (χ4v) is 5.66. The van der Waals surface area contributed by atoms with Crippen molar-refractivity contribution in [3.63, 3.8) is 0 Å². The van der Waals surface area contributed by atoms with Gasteiger partial charge in [0.2, 0.25) is 0 Å². The zero-order valence-electron chi connectivity index (χ0n) is 19.2. The van der Waals surface area contributed by atoms with Crippen molar-refractivity contribution >= 4 is 17.5 Å². The molecule has 33 heavy (non-hydrogen) atoms. The molecule has 1 aliphatic heterocycles. The highest BCUT2D eigenvalue weighted by atomic mass is 35.5. The van der Waals surface area contributed by atoms with Crippen molar-refractivity contribution < 1.29 is 4.79 Å². The van der Waals surface area contributed by atoms with Crippen LogP contribution in [0.3, 0.4) is 0 Å². The van der Waals surface area contributed by atoms with Crippen molar-refractivity contribution in [2.75, 3.05) is 26.7 Å². The molecule has 2 N–H and O–H groups in total. The molecule has 0 atom stereocenters. The van der Waals surface area contributed by atoms with Crippen molar-refractivity contribution in [3.05, 3.63) is 61.9 Å². The summed E-state index contributed by atoms with van der Waals surface area (Å²) in [6.45, 7) is 2.63. The lowest BCUT2D eigenvalue weighted by atomic mass is 9.65. The number of nitrogens with zero attached hydrogens (tertiary/aromatic N) is 2. The van der Waals surface area contributed by atoms with Gasteiger partial charge in [0.1, 0.15) is 0 Å². The van der Waals surface area contributed by atoms with Gasteiger partial charge in [-0.2, -0.15) is 0 Å². The van der Waals surface area contributed by atoms with E-state index in [4.69, 9.17) is 11.6 Å². The molecule has 2 aromatic rings. The van der Waals surface area contributed by atoms with Crippen LogP contribution >= 0.6 is 11.6 Å². The van der Waals surface area contributed by atoms with Crippen LogP contribution in [-0.2, 0) is 0 Å². The molecule has 1 aromatic heterocycles. The minimum absolute atomic E-state index is 0.0407. The maximum Gasteiger partial charge on any atom is 0.332 e. The van der Waals surface area contributed by atoms with Gasteiger partial charge < -0.3 is 10.2 Å². The molecule has 1 saturated heterocycles. The molecule has 2 aliphatic rings. The largest absolute Gasteiger partial charge is 0.339 e. The first-order valence-corrected chi connectivity index (χ1v) is 12.3. The first-order valence-electron chi connectivity index (χ1n) is 12.0. The maximum atomic E-state index is 13.2. The van der Waals surface area contributed by atoms with Crippen LogP contribution in [0.4, 0.5) is 0 Å². The van der Waals surface area contributed by atoms with Crippen LogP contribution in [0.5, 0.6) is 0 Å². The standard InChI is InChI=1S/C25H33ClN4O3/c1-27-13-2-3-18-6-9-25(10-7-18)11-15-29(16-12-25)23(32)19-4-5-20(26)21(17-19)30-14-8-22(31)28-24(30)33/h4-5,8,14,17-18,27H,2-3,6-7,9-13,15-16H2,1H3,(H,28,31,33). The van der Waals surface area contributed by atoms with Gasteiger partial charge in [0.25, 0.3) is 11.5 Å². The monoisotopic (exact) mass is 472 g/mol. The number of H-pyrrole nitrogens is 1. The number of amides is 1. The first-order chi connectivity index (χ1) is 15.9. The molecule has 1 aliphatic carbocycles. The van der Waals surface area contributed by atoms with E-state index in [9.17, 15) is 14.4 Å². The van der Waals surface area contributed by atoms with Gasteiger partial charge in [0, 0.05) is 30.9 Å². The number of carbonyl (C=O) groups excluding carboxylic acids is 1. The van der Waals surface area contributed by atoms with Crippen molar-refractivity contribution in [3.8, 4) is 5.69 Å². The van der Waals surface area contributed by atoms with E-state index >= 15 is 0 Å². The number of likely N-dealkylation sites (tertiary alicyclic amines) is 1. The third kappa shape index (κ3) is 5.41. The topological polar surface area (TPSA) is 87.2 Å². The molecule has 0 radical (unpaired) electrons. The van der Waals surface area contributed by atoms with E-state index < -0.39 is 11.2 Å². The molecule has 178 valence electrons. The Kier molecular flexibility index (Phi) is 7.39. The molecule has 7 nitrogen and oxygen atoms in total. The van der Waals surface area contributed by atoms with Gasteiger partial charge in [-0.15, -0.1) is 0 Å². The van der Waals surface area contributed by atoms with Crippen molar-refractivity contribution in [1.82, 2.24) is 19.8 Å². The van der Waals surface area contributed by atoms with Crippen molar-refractivity contribution in [2.45, 2.75) is 51.4 Å². The first kappa shape index (κ1) is 23.8. The van der Waals surface area contributed by atoms with Crippen LogP contribution in [0, 0.1) is 11.3 Å². The van der Waals surface area contributed by atoms with E-state index in [-0.39, 0.29) is 5.91 Å². The number of nitrogens with one attached hydrogen (secondary N) is 2. The molecule has 2 fully saturated rings. The number of hydrogen-bond donors (Lipinski definition) is 2. The Morgan fingerprint density at radius 3 is 2.55 bits per heavy atom. The number of hydrogen-bond acceptors (Lipinski definition) is 4. The number of rotatable bonds is 6. The van der Waals surface area contributed by atoms with Gasteiger partial charge in [-0.3, -0.25) is 19.1 Å². The molecular weight excluding hydrogens is 440 g/mol. The third-order valence-electron chi connectivity index (χ3n) is 7.59. The minimum Gasteiger partial charge on any atom is -0.339 e. The molecule has 1 aromatic carbocycles. The van der Waals surface area contributed by atoms with Gasteiger partial charge in [-0.1, -0.05) is 11.6 Å². The second-order valence-corrected chi connectivity index (χ2v) is 10.0. The summed E-state index contributed by atoms with van der Waals surface area (Å²) in [6, 6.07) is 6.21. The summed E-state index contributed by atoms with van der Waals surface area (Å²) >= 11 is 6.30. The van der Waals surface area contributed by atoms with Crippen molar-refractivity contribution in [2.24, 2.45) is 11.3 Å². The predicted octanol–water partition coefficient (Wildman–Crippen LogP) is 3.59. The summed E-state index contributed by atoms with van der Waals surface area (Å²) in [4.78, 5) is 41.0. The van der Waals surface area contributed by atoms with Gasteiger partial charge in [-0.25, -0.2) is 4.79 Å². The highest BCUT2D eigenvalue weighted by Gasteiger charge is 2.39. The van der Waals surface area contributed by atoms with Crippen LogP contribution in [0.25, 0.3) is 5.69 Å². The average Bonchev–Trinajstić information content (AvgIpc) is 2.81. The molecule has 0 unspecified atom stereocenters. The Morgan fingerprint density at radius 2 is 1.88 bits per heavy atom. The Morgan fingerprint density at radius 1 is 1.15 bits per heavy atom. The van der Waals surface area contributed by atoms with E-state index in [1.54, 1.807) is 18.2 Å². The number of benzene rings is 1. The number of aromatic amines is 1. The van der Waals surface area contributed by atoms with Crippen molar-refractivity contribution in [1.29, 1.82) is 0 Å². The fourth-order valence-electron chi connectivity index (χ4n) is 5.45. The second kappa shape index (κ2) is 10.3. The lowest BCUT2D eigenvalue weighted by Gasteiger charge is -2.46. The summed E-state index contributed by atoms with van der Waals surface area (Å²) in [5.74, 6) is 0.813. The highest BCUT2D eigenvalue weighted by molar-refractivity contribution is 6.32. The third-order valence-corrected chi connectivity index (χ3v) is 7.91. The molecular formula is C25H33ClN4O3. The summed E-state index contributed by atoms with van der Waals surface area (Å²) in [5, 5.41) is 3.58. The smallest absolute Gasteiger partial charge is 0.332 e. The second-order valence-electron chi connectivity index (χ2n) is 9.63. The van der Waals surface area contributed by atoms with E-state index in [0.29, 0.717) is 21.7 Å². The maximum absolute atomic E-state index is 13.2. The number of piperidine rings is 1. The Balaban J connectivity index is 1.39. The number of halogens is 1. The van der Waals surface area contributed by atoms with Crippen LogP contribution in [0.1, 0.15) is 61.7 Å². The molecule has 1 spiro atoms. The Labute approximate surface area is 199 Å². The molecule has 1 saturated carbocycles. The van der Waals surface area contributed by atoms with Crippen LogP contribution in [-0.4, -0.2) is 47.0 Å². The van der Waals surface area contributed by atoms with E-state index in [1.807, 2.05) is 11.9 Å². The molecule has 4 rings (SSSR count). The fraction of sp³-hybridized carbons (Fsp3) is 0.560. The lowest BCUT2D eigenvalue weighted by molar-refractivity contribution is 0.0393. The minimum atomic E-state index is -0.588. The summed E-state index contributed by atoms with van der Waals surface area (Å²) in [6.07, 6.45) is 11.2. The van der Waals surface area contributed by atoms with Gasteiger partial charge in [0.05, 0.1) is 10.7 Å². The van der Waals surface area contributed by atoms with Crippen LogP contribution in [0.2, 0.25) is 5.02 Å². The van der Waals surface area contributed by atoms with Crippen LogP contribution < -0.4 is 16.6 Å². The van der Waals surface area contributed by atoms with E-state index in [2.05, 4.69) is 10.3 Å². The zero-order chi connectivity index (χ0) is 23.4. The normalized spacial score (nSPS) is 18.5. The summed E-state index contributed by atoms with van der Waals surface area (Å²) in [7, 11) is 2.01. The Bertz CT molecular complexity index is 1090. The quantitative estimate of drug-likeness (QED) is 0.629. The molecule has 1 amide bonds. The zero-order valence-corrected chi connectivity index (χ0v) is 20.0. The molecule has 2 heterocycles. The van der Waals surface area contributed by atoms with Crippen LogP contribution in [0.15, 0.2) is 40.1 Å². The van der Waals surface area contributed by atoms with Gasteiger partial charge in [-0.05, 0) is 94.5 Å². The Hall–Kier alpha value is -2.38.